The monoisotopic (exact) mass is 291 g/mol. The Hall–Kier alpha value is -0.910. The standard InChI is InChI=1S/C15H21N3OS/c1-11-13(10-17-6-8-19-9-7-17)18-12-4-2-3-5-14(12)20-15(18)16-11/h2-10H2,1H3. The summed E-state index contributed by atoms with van der Waals surface area (Å²) in [6.07, 6.45) is 5.14. The molecule has 2 aromatic rings. The van der Waals surface area contributed by atoms with Crippen LogP contribution in [0.15, 0.2) is 0 Å². The molecule has 108 valence electrons. The van der Waals surface area contributed by atoms with Gasteiger partial charge in [0.1, 0.15) is 0 Å². The highest BCUT2D eigenvalue weighted by atomic mass is 32.1. The summed E-state index contributed by atoms with van der Waals surface area (Å²) < 4.78 is 7.91. The Bertz CT molecular complexity index is 625. The summed E-state index contributed by atoms with van der Waals surface area (Å²) in [4.78, 5) is 10.1. The maximum absolute atomic E-state index is 5.45. The molecule has 0 aromatic carbocycles. The molecule has 1 aliphatic heterocycles. The molecule has 0 spiro atoms. The van der Waals surface area contributed by atoms with Gasteiger partial charge in [-0.05, 0) is 32.6 Å². The van der Waals surface area contributed by atoms with E-state index >= 15 is 0 Å². The summed E-state index contributed by atoms with van der Waals surface area (Å²) in [7, 11) is 0. The summed E-state index contributed by atoms with van der Waals surface area (Å²) in [5, 5.41) is 0. The Morgan fingerprint density at radius 2 is 2.00 bits per heavy atom. The molecule has 0 radical (unpaired) electrons. The van der Waals surface area contributed by atoms with E-state index in [9.17, 15) is 0 Å². The van der Waals surface area contributed by atoms with Crippen LogP contribution in [-0.2, 0) is 24.1 Å². The van der Waals surface area contributed by atoms with Crippen LogP contribution in [-0.4, -0.2) is 40.6 Å². The Labute approximate surface area is 123 Å². The zero-order chi connectivity index (χ0) is 13.5. The third-order valence-electron chi connectivity index (χ3n) is 4.49. The molecule has 0 saturated carbocycles. The number of aromatic nitrogens is 2. The van der Waals surface area contributed by atoms with E-state index in [0.717, 1.165) is 32.8 Å². The van der Waals surface area contributed by atoms with Crippen molar-refractivity contribution >= 4 is 16.3 Å². The van der Waals surface area contributed by atoms with Gasteiger partial charge in [0.2, 0.25) is 0 Å². The molecule has 3 heterocycles. The highest BCUT2D eigenvalue weighted by Crippen LogP contribution is 2.32. The fraction of sp³-hybridized carbons (Fsp3) is 0.667. The second-order valence-electron chi connectivity index (χ2n) is 5.83. The molecule has 1 fully saturated rings. The van der Waals surface area contributed by atoms with Crippen molar-refractivity contribution < 1.29 is 4.74 Å². The van der Waals surface area contributed by atoms with Crippen LogP contribution in [0.3, 0.4) is 0 Å². The summed E-state index contributed by atoms with van der Waals surface area (Å²) >= 11 is 1.91. The molecule has 0 amide bonds. The number of ether oxygens (including phenoxy) is 1. The fourth-order valence-corrected chi connectivity index (χ4v) is 4.63. The van der Waals surface area contributed by atoms with E-state index in [1.807, 2.05) is 11.3 Å². The van der Waals surface area contributed by atoms with Gasteiger partial charge in [-0.15, -0.1) is 11.3 Å². The second kappa shape index (κ2) is 5.13. The van der Waals surface area contributed by atoms with E-state index in [-0.39, 0.29) is 0 Å². The van der Waals surface area contributed by atoms with E-state index in [1.54, 1.807) is 10.6 Å². The van der Waals surface area contributed by atoms with Crippen molar-refractivity contribution in [1.82, 2.24) is 14.3 Å². The molecule has 0 N–H and O–H groups in total. The predicted octanol–water partition coefficient (Wildman–Crippen LogP) is 2.42. The summed E-state index contributed by atoms with van der Waals surface area (Å²) in [6.45, 7) is 6.98. The van der Waals surface area contributed by atoms with Gasteiger partial charge in [-0.25, -0.2) is 4.98 Å². The number of hydrogen-bond donors (Lipinski definition) is 0. The summed E-state index contributed by atoms with van der Waals surface area (Å²) in [5.74, 6) is 0. The van der Waals surface area contributed by atoms with Crippen LogP contribution < -0.4 is 0 Å². The van der Waals surface area contributed by atoms with Crippen molar-refractivity contribution in [3.8, 4) is 0 Å². The molecule has 1 aliphatic carbocycles. The number of rotatable bonds is 2. The first-order chi connectivity index (χ1) is 9.83. The summed E-state index contributed by atoms with van der Waals surface area (Å²) in [5.41, 5.74) is 4.15. The van der Waals surface area contributed by atoms with Gasteiger partial charge in [0.25, 0.3) is 0 Å². The molecule has 4 rings (SSSR count). The van der Waals surface area contributed by atoms with Crippen molar-refractivity contribution in [2.75, 3.05) is 26.3 Å². The van der Waals surface area contributed by atoms with E-state index < -0.39 is 0 Å². The zero-order valence-electron chi connectivity index (χ0n) is 12.0. The highest BCUT2D eigenvalue weighted by molar-refractivity contribution is 7.17. The van der Waals surface area contributed by atoms with Crippen molar-refractivity contribution in [3.63, 3.8) is 0 Å². The van der Waals surface area contributed by atoms with Gasteiger partial charge in [-0.1, -0.05) is 0 Å². The molecule has 5 heteroatoms. The van der Waals surface area contributed by atoms with Gasteiger partial charge in [0.15, 0.2) is 4.96 Å². The third kappa shape index (κ3) is 2.08. The number of hydrogen-bond acceptors (Lipinski definition) is 4. The van der Waals surface area contributed by atoms with Gasteiger partial charge in [-0.3, -0.25) is 9.30 Å². The lowest BCUT2D eigenvalue weighted by atomic mass is 10.0. The smallest absolute Gasteiger partial charge is 0.194 e. The zero-order valence-corrected chi connectivity index (χ0v) is 12.8. The average Bonchev–Trinajstić information content (AvgIpc) is 2.97. The van der Waals surface area contributed by atoms with E-state index in [1.165, 1.54) is 42.0 Å². The predicted molar refractivity (Wildman–Crippen MR) is 80.5 cm³/mol. The molecule has 1 saturated heterocycles. The Kier molecular flexibility index (Phi) is 3.28. The lowest BCUT2D eigenvalue weighted by Crippen LogP contribution is -2.36. The topological polar surface area (TPSA) is 29.8 Å². The van der Waals surface area contributed by atoms with Crippen LogP contribution in [0.4, 0.5) is 0 Å². The van der Waals surface area contributed by atoms with Gasteiger partial charge < -0.3 is 4.74 Å². The molecule has 2 aromatic heterocycles. The molecule has 4 nitrogen and oxygen atoms in total. The summed E-state index contributed by atoms with van der Waals surface area (Å²) in [6, 6.07) is 0. The number of imidazole rings is 1. The minimum Gasteiger partial charge on any atom is -0.379 e. The minimum absolute atomic E-state index is 0.864. The SMILES string of the molecule is Cc1nc2sc3c(n2c1CN1CCOCC1)CCCC3. The van der Waals surface area contributed by atoms with Crippen molar-refractivity contribution in [3.05, 3.63) is 22.0 Å². The van der Waals surface area contributed by atoms with E-state index in [4.69, 9.17) is 9.72 Å². The van der Waals surface area contributed by atoms with Crippen molar-refractivity contribution in [2.45, 2.75) is 39.2 Å². The molecule has 0 atom stereocenters. The molecule has 0 bridgehead atoms. The molecule has 2 aliphatic rings. The van der Waals surface area contributed by atoms with E-state index in [0.29, 0.717) is 0 Å². The number of thiazole rings is 1. The largest absolute Gasteiger partial charge is 0.379 e. The number of nitrogens with zero attached hydrogens (tertiary/aromatic N) is 3. The lowest BCUT2D eigenvalue weighted by Gasteiger charge is -2.26. The number of fused-ring (bicyclic) bond motifs is 3. The van der Waals surface area contributed by atoms with Crippen LogP contribution >= 0.6 is 11.3 Å². The van der Waals surface area contributed by atoms with Crippen molar-refractivity contribution in [1.29, 1.82) is 0 Å². The Morgan fingerprint density at radius 1 is 1.20 bits per heavy atom. The van der Waals surface area contributed by atoms with Crippen LogP contribution in [0, 0.1) is 6.92 Å². The second-order valence-corrected chi connectivity index (χ2v) is 6.89. The number of morpholine rings is 1. The van der Waals surface area contributed by atoms with Gasteiger partial charge >= 0.3 is 0 Å². The van der Waals surface area contributed by atoms with Gasteiger partial charge in [-0.2, -0.15) is 0 Å². The quantitative estimate of drug-likeness (QED) is 0.851. The number of aryl methyl sites for hydroxylation is 3. The Balaban J connectivity index is 1.73. The molecular formula is C15H21N3OS. The van der Waals surface area contributed by atoms with Crippen LogP contribution in [0.25, 0.3) is 4.96 Å². The Morgan fingerprint density at radius 3 is 2.85 bits per heavy atom. The van der Waals surface area contributed by atoms with Crippen LogP contribution in [0.1, 0.15) is 34.8 Å². The molecular weight excluding hydrogens is 270 g/mol. The average molecular weight is 291 g/mol. The first kappa shape index (κ1) is 12.8. The third-order valence-corrected chi connectivity index (χ3v) is 5.64. The van der Waals surface area contributed by atoms with Crippen molar-refractivity contribution in [2.24, 2.45) is 0 Å². The molecule has 20 heavy (non-hydrogen) atoms. The van der Waals surface area contributed by atoms with E-state index in [2.05, 4.69) is 16.2 Å². The van der Waals surface area contributed by atoms with Crippen LogP contribution in [0.2, 0.25) is 0 Å². The molecule has 0 unspecified atom stereocenters. The van der Waals surface area contributed by atoms with Gasteiger partial charge in [0, 0.05) is 30.2 Å². The highest BCUT2D eigenvalue weighted by Gasteiger charge is 2.22. The van der Waals surface area contributed by atoms with Crippen LogP contribution in [0.5, 0.6) is 0 Å². The maximum Gasteiger partial charge on any atom is 0.194 e. The first-order valence-electron chi connectivity index (χ1n) is 7.61. The fourth-order valence-electron chi connectivity index (χ4n) is 3.36. The maximum atomic E-state index is 5.45. The first-order valence-corrected chi connectivity index (χ1v) is 8.43. The lowest BCUT2D eigenvalue weighted by molar-refractivity contribution is 0.0334. The normalized spacial score (nSPS) is 20.4. The minimum atomic E-state index is 0.864. The van der Waals surface area contributed by atoms with Gasteiger partial charge in [0.05, 0.1) is 24.6 Å².